The number of carboxylic acid groups (broad SMARTS) is 1. The Hall–Kier alpha value is -0.790. The van der Waals surface area contributed by atoms with Crippen molar-refractivity contribution < 1.29 is 9.90 Å². The van der Waals surface area contributed by atoms with Gasteiger partial charge in [-0.25, -0.2) is 0 Å². The third kappa shape index (κ3) is 5.90. The average Bonchev–Trinajstić information content (AvgIpc) is 2.73. The van der Waals surface area contributed by atoms with E-state index in [0.29, 0.717) is 6.42 Å². The fourth-order valence-electron chi connectivity index (χ4n) is 2.68. The zero-order valence-electron chi connectivity index (χ0n) is 11.1. The van der Waals surface area contributed by atoms with Gasteiger partial charge in [0, 0.05) is 6.42 Å². The van der Waals surface area contributed by atoms with Gasteiger partial charge < -0.3 is 5.11 Å². The number of hydrogen-bond acceptors (Lipinski definition) is 1. The summed E-state index contributed by atoms with van der Waals surface area (Å²) in [6.07, 6.45) is 13.6. The summed E-state index contributed by atoms with van der Waals surface area (Å²) in [5.74, 6) is 0.153. The molecule has 1 aliphatic rings. The van der Waals surface area contributed by atoms with Crippen molar-refractivity contribution in [2.45, 2.75) is 71.1 Å². The number of carboxylic acids is 1. The summed E-state index contributed by atoms with van der Waals surface area (Å²) in [6, 6.07) is 0. The highest BCUT2D eigenvalue weighted by Crippen LogP contribution is 2.33. The van der Waals surface area contributed by atoms with Crippen molar-refractivity contribution in [2.75, 3.05) is 0 Å². The quantitative estimate of drug-likeness (QED) is 0.472. The largest absolute Gasteiger partial charge is 0.481 e. The van der Waals surface area contributed by atoms with Crippen LogP contribution in [0.15, 0.2) is 11.6 Å². The molecule has 0 amide bonds. The molecule has 1 rings (SSSR count). The van der Waals surface area contributed by atoms with Crippen molar-refractivity contribution in [3.05, 3.63) is 11.6 Å². The van der Waals surface area contributed by atoms with Crippen LogP contribution in [0.5, 0.6) is 0 Å². The predicted molar refractivity (Wildman–Crippen MR) is 71.1 cm³/mol. The van der Waals surface area contributed by atoms with E-state index in [1.807, 2.05) is 0 Å². The molecule has 0 bridgehead atoms. The number of hydrogen-bond donors (Lipinski definition) is 1. The van der Waals surface area contributed by atoms with Gasteiger partial charge in [-0.3, -0.25) is 4.79 Å². The standard InChI is InChI=1S/C15H26O2/c1-2-3-8-13-10-7-11-14(13)9-5-4-6-12-15(16)17/h10,14H,2-9,11-12H2,1H3,(H,16,17)/t14-/m0/s1. The predicted octanol–water partition coefficient (Wildman–Crippen LogP) is 4.55. The minimum atomic E-state index is -0.658. The normalized spacial score (nSPS) is 19.4. The molecule has 2 heteroatoms. The van der Waals surface area contributed by atoms with Crippen LogP contribution in [0.3, 0.4) is 0 Å². The Labute approximate surface area is 105 Å². The first-order valence-corrected chi connectivity index (χ1v) is 7.14. The Morgan fingerprint density at radius 2 is 2.18 bits per heavy atom. The van der Waals surface area contributed by atoms with E-state index in [4.69, 9.17) is 5.11 Å². The number of unbranched alkanes of at least 4 members (excludes halogenated alkanes) is 3. The summed E-state index contributed by atoms with van der Waals surface area (Å²) in [5, 5.41) is 8.55. The highest BCUT2D eigenvalue weighted by molar-refractivity contribution is 5.66. The molecule has 0 aromatic carbocycles. The van der Waals surface area contributed by atoms with E-state index in [1.165, 1.54) is 44.9 Å². The lowest BCUT2D eigenvalue weighted by molar-refractivity contribution is -0.137. The van der Waals surface area contributed by atoms with Crippen LogP contribution < -0.4 is 0 Å². The van der Waals surface area contributed by atoms with Gasteiger partial charge in [0.1, 0.15) is 0 Å². The average molecular weight is 238 g/mol. The molecule has 0 aromatic heterocycles. The molecule has 0 aliphatic heterocycles. The van der Waals surface area contributed by atoms with Gasteiger partial charge in [-0.2, -0.15) is 0 Å². The van der Waals surface area contributed by atoms with Crippen molar-refractivity contribution in [3.8, 4) is 0 Å². The van der Waals surface area contributed by atoms with Crippen LogP contribution in [-0.2, 0) is 4.79 Å². The van der Waals surface area contributed by atoms with Crippen LogP contribution in [0.1, 0.15) is 71.1 Å². The summed E-state index contributed by atoms with van der Waals surface area (Å²) in [5.41, 5.74) is 1.69. The molecule has 0 unspecified atom stereocenters. The molecule has 0 saturated heterocycles. The number of carbonyl (C=O) groups is 1. The molecule has 0 heterocycles. The maximum Gasteiger partial charge on any atom is 0.303 e. The molecule has 98 valence electrons. The van der Waals surface area contributed by atoms with E-state index < -0.39 is 5.97 Å². The lowest BCUT2D eigenvalue weighted by Gasteiger charge is -2.14. The smallest absolute Gasteiger partial charge is 0.303 e. The van der Waals surface area contributed by atoms with E-state index in [1.54, 1.807) is 5.57 Å². The van der Waals surface area contributed by atoms with Gasteiger partial charge in [-0.1, -0.05) is 37.8 Å². The second-order valence-electron chi connectivity index (χ2n) is 5.15. The highest BCUT2D eigenvalue weighted by atomic mass is 16.4. The number of rotatable bonds is 9. The maximum absolute atomic E-state index is 10.4. The van der Waals surface area contributed by atoms with E-state index in [2.05, 4.69) is 13.0 Å². The molecule has 0 saturated carbocycles. The topological polar surface area (TPSA) is 37.3 Å². The van der Waals surface area contributed by atoms with Crippen molar-refractivity contribution >= 4 is 5.97 Å². The molecule has 1 N–H and O–H groups in total. The Morgan fingerprint density at radius 3 is 2.88 bits per heavy atom. The van der Waals surface area contributed by atoms with Gasteiger partial charge in [0.25, 0.3) is 0 Å². The summed E-state index contributed by atoms with van der Waals surface area (Å²) in [6.45, 7) is 2.25. The molecule has 0 fully saturated rings. The first-order chi connectivity index (χ1) is 8.24. The monoisotopic (exact) mass is 238 g/mol. The Balaban J connectivity index is 2.10. The zero-order valence-corrected chi connectivity index (χ0v) is 11.1. The molecule has 0 radical (unpaired) electrons. The van der Waals surface area contributed by atoms with E-state index in [9.17, 15) is 4.79 Å². The van der Waals surface area contributed by atoms with Crippen LogP contribution in [0.2, 0.25) is 0 Å². The second-order valence-corrected chi connectivity index (χ2v) is 5.15. The molecule has 17 heavy (non-hydrogen) atoms. The van der Waals surface area contributed by atoms with Gasteiger partial charge in [0.05, 0.1) is 0 Å². The minimum Gasteiger partial charge on any atom is -0.481 e. The zero-order chi connectivity index (χ0) is 12.5. The minimum absolute atomic E-state index is 0.337. The third-order valence-electron chi connectivity index (χ3n) is 3.71. The number of aliphatic carboxylic acids is 1. The van der Waals surface area contributed by atoms with Crippen molar-refractivity contribution in [3.63, 3.8) is 0 Å². The SMILES string of the molecule is CCCCC1=CCC[C@@H]1CCCCCC(=O)O. The molecule has 0 aromatic rings. The van der Waals surface area contributed by atoms with Gasteiger partial charge in [-0.05, 0) is 44.4 Å². The van der Waals surface area contributed by atoms with Gasteiger partial charge in [-0.15, -0.1) is 0 Å². The van der Waals surface area contributed by atoms with Gasteiger partial charge in [0.15, 0.2) is 0 Å². The van der Waals surface area contributed by atoms with Gasteiger partial charge >= 0.3 is 5.97 Å². The van der Waals surface area contributed by atoms with Crippen molar-refractivity contribution in [1.29, 1.82) is 0 Å². The summed E-state index contributed by atoms with van der Waals surface area (Å²) >= 11 is 0. The highest BCUT2D eigenvalue weighted by Gasteiger charge is 2.17. The van der Waals surface area contributed by atoms with E-state index >= 15 is 0 Å². The second kappa shape index (κ2) is 8.32. The molecule has 2 nitrogen and oxygen atoms in total. The van der Waals surface area contributed by atoms with Crippen LogP contribution in [0.4, 0.5) is 0 Å². The molecular formula is C15H26O2. The molecule has 1 aliphatic carbocycles. The van der Waals surface area contributed by atoms with Crippen LogP contribution in [-0.4, -0.2) is 11.1 Å². The lowest BCUT2D eigenvalue weighted by atomic mass is 9.91. The molecule has 1 atom stereocenters. The van der Waals surface area contributed by atoms with E-state index in [-0.39, 0.29) is 0 Å². The first-order valence-electron chi connectivity index (χ1n) is 7.14. The van der Waals surface area contributed by atoms with E-state index in [0.717, 1.165) is 18.8 Å². The summed E-state index contributed by atoms with van der Waals surface area (Å²) in [4.78, 5) is 10.4. The third-order valence-corrected chi connectivity index (χ3v) is 3.71. The molecular weight excluding hydrogens is 212 g/mol. The lowest BCUT2D eigenvalue weighted by Crippen LogP contribution is -2.00. The first kappa shape index (κ1) is 14.3. The van der Waals surface area contributed by atoms with Gasteiger partial charge in [0.2, 0.25) is 0 Å². The summed E-state index contributed by atoms with van der Waals surface area (Å²) < 4.78 is 0. The summed E-state index contributed by atoms with van der Waals surface area (Å²) in [7, 11) is 0. The fourth-order valence-corrected chi connectivity index (χ4v) is 2.68. The Kier molecular flexibility index (Phi) is 6.99. The Bertz CT molecular complexity index is 256. The van der Waals surface area contributed by atoms with Crippen LogP contribution in [0, 0.1) is 5.92 Å². The van der Waals surface area contributed by atoms with Crippen LogP contribution >= 0.6 is 0 Å². The van der Waals surface area contributed by atoms with Crippen molar-refractivity contribution in [1.82, 2.24) is 0 Å². The Morgan fingerprint density at radius 1 is 1.35 bits per heavy atom. The molecule has 0 spiro atoms. The number of allylic oxidation sites excluding steroid dienone is 2. The fraction of sp³-hybridized carbons (Fsp3) is 0.800. The van der Waals surface area contributed by atoms with Crippen molar-refractivity contribution in [2.24, 2.45) is 5.92 Å². The van der Waals surface area contributed by atoms with Crippen LogP contribution in [0.25, 0.3) is 0 Å². The maximum atomic E-state index is 10.4.